The molecule has 0 fully saturated rings. The van der Waals surface area contributed by atoms with Crippen LogP contribution in [0.1, 0.15) is 24.3 Å². The van der Waals surface area contributed by atoms with Crippen molar-refractivity contribution in [2.75, 3.05) is 7.11 Å². The lowest BCUT2D eigenvalue weighted by Gasteiger charge is -2.22. The molecule has 0 bridgehead atoms. The summed E-state index contributed by atoms with van der Waals surface area (Å²) in [4.78, 5) is 0. The second-order valence-electron chi connectivity index (χ2n) is 4.67. The number of aromatic hydroxyl groups is 1. The van der Waals surface area contributed by atoms with Crippen LogP contribution in [0.2, 0.25) is 0 Å². The fourth-order valence-corrected chi connectivity index (χ4v) is 2.04. The highest BCUT2D eigenvalue weighted by Crippen LogP contribution is 2.33. The fourth-order valence-electron chi connectivity index (χ4n) is 2.04. The summed E-state index contributed by atoms with van der Waals surface area (Å²) in [5.41, 5.74) is 6.85. The Morgan fingerprint density at radius 1 is 1.35 bits per heavy atom. The lowest BCUT2D eigenvalue weighted by molar-refractivity contribution is 0.362. The standard InChI is InChI=1S/C15H20N2O3/c1-10(17-9-11-5-4-8-20-11)14(16)12-6-3-7-13(19-2)15(12)18/h3-8,10,14,17-18H,9,16H2,1-2H3. The Morgan fingerprint density at radius 2 is 2.15 bits per heavy atom. The van der Waals surface area contributed by atoms with Gasteiger partial charge in [-0.25, -0.2) is 0 Å². The number of nitrogens with two attached hydrogens (primary N) is 1. The normalized spacial score (nSPS) is 13.9. The first-order valence-electron chi connectivity index (χ1n) is 6.50. The molecule has 1 heterocycles. The molecule has 0 amide bonds. The van der Waals surface area contributed by atoms with E-state index in [1.54, 1.807) is 18.4 Å². The van der Waals surface area contributed by atoms with E-state index in [4.69, 9.17) is 14.9 Å². The van der Waals surface area contributed by atoms with Crippen LogP contribution in [0, 0.1) is 0 Å². The van der Waals surface area contributed by atoms with Crippen molar-refractivity contribution in [1.29, 1.82) is 0 Å². The van der Waals surface area contributed by atoms with Crippen molar-refractivity contribution < 1.29 is 14.3 Å². The first-order valence-corrected chi connectivity index (χ1v) is 6.50. The zero-order valence-corrected chi connectivity index (χ0v) is 11.7. The minimum absolute atomic E-state index is 0.0295. The minimum atomic E-state index is -0.347. The van der Waals surface area contributed by atoms with Crippen LogP contribution in [0.5, 0.6) is 11.5 Å². The Kier molecular flexibility index (Phi) is 4.65. The van der Waals surface area contributed by atoms with Gasteiger partial charge in [0.05, 0.1) is 19.9 Å². The van der Waals surface area contributed by atoms with Gasteiger partial charge in [-0.05, 0) is 25.1 Å². The van der Waals surface area contributed by atoms with Crippen molar-refractivity contribution in [3.63, 3.8) is 0 Å². The van der Waals surface area contributed by atoms with Crippen molar-refractivity contribution in [2.24, 2.45) is 5.73 Å². The number of para-hydroxylation sites is 1. The van der Waals surface area contributed by atoms with Gasteiger partial charge in [-0.15, -0.1) is 0 Å². The lowest BCUT2D eigenvalue weighted by Crippen LogP contribution is -2.36. The topological polar surface area (TPSA) is 80.7 Å². The van der Waals surface area contributed by atoms with E-state index >= 15 is 0 Å². The molecule has 2 rings (SSSR count). The highest BCUT2D eigenvalue weighted by atomic mass is 16.5. The monoisotopic (exact) mass is 276 g/mol. The van der Waals surface area contributed by atoms with Gasteiger partial charge in [-0.2, -0.15) is 0 Å². The lowest BCUT2D eigenvalue weighted by atomic mass is 10.00. The maximum Gasteiger partial charge on any atom is 0.162 e. The minimum Gasteiger partial charge on any atom is -0.504 e. The van der Waals surface area contributed by atoms with E-state index in [2.05, 4.69) is 5.32 Å². The van der Waals surface area contributed by atoms with E-state index in [-0.39, 0.29) is 17.8 Å². The van der Waals surface area contributed by atoms with Gasteiger partial charge < -0.3 is 25.3 Å². The van der Waals surface area contributed by atoms with Crippen LogP contribution in [-0.2, 0) is 6.54 Å². The molecule has 4 N–H and O–H groups in total. The molecule has 1 aromatic heterocycles. The zero-order valence-electron chi connectivity index (χ0n) is 11.7. The highest BCUT2D eigenvalue weighted by Gasteiger charge is 2.19. The van der Waals surface area contributed by atoms with E-state index in [1.807, 2.05) is 25.1 Å². The van der Waals surface area contributed by atoms with Crippen LogP contribution in [0.4, 0.5) is 0 Å². The molecule has 2 aromatic rings. The van der Waals surface area contributed by atoms with Crippen molar-refractivity contribution >= 4 is 0 Å². The largest absolute Gasteiger partial charge is 0.504 e. The van der Waals surface area contributed by atoms with Crippen LogP contribution < -0.4 is 15.8 Å². The Bertz CT molecular complexity index is 540. The number of hydrogen-bond acceptors (Lipinski definition) is 5. The summed E-state index contributed by atoms with van der Waals surface area (Å²) < 4.78 is 10.4. The van der Waals surface area contributed by atoms with E-state index in [0.717, 1.165) is 5.76 Å². The van der Waals surface area contributed by atoms with E-state index in [0.29, 0.717) is 17.9 Å². The maximum absolute atomic E-state index is 10.1. The molecule has 20 heavy (non-hydrogen) atoms. The van der Waals surface area contributed by atoms with Crippen LogP contribution in [0.15, 0.2) is 41.0 Å². The molecule has 2 unspecified atom stereocenters. The molecular formula is C15H20N2O3. The molecule has 0 aliphatic heterocycles. The maximum atomic E-state index is 10.1. The van der Waals surface area contributed by atoms with Crippen LogP contribution >= 0.6 is 0 Å². The third-order valence-corrected chi connectivity index (χ3v) is 3.33. The van der Waals surface area contributed by atoms with Gasteiger partial charge >= 0.3 is 0 Å². The number of methoxy groups -OCH3 is 1. The summed E-state index contributed by atoms with van der Waals surface area (Å²) in [5, 5.41) is 13.4. The Balaban J connectivity index is 2.04. The van der Waals surface area contributed by atoms with Crippen molar-refractivity contribution in [3.8, 4) is 11.5 Å². The molecule has 0 radical (unpaired) electrons. The number of hydrogen-bond donors (Lipinski definition) is 3. The third kappa shape index (κ3) is 3.12. The summed E-state index contributed by atoms with van der Waals surface area (Å²) in [6.45, 7) is 2.55. The predicted octanol–water partition coefficient (Wildman–Crippen LogP) is 2.17. The first-order chi connectivity index (χ1) is 9.63. The average molecular weight is 276 g/mol. The number of ether oxygens (including phenoxy) is 1. The SMILES string of the molecule is COc1cccc(C(N)C(C)NCc2ccco2)c1O. The van der Waals surface area contributed by atoms with Crippen LogP contribution in [0.3, 0.4) is 0 Å². The Morgan fingerprint density at radius 3 is 2.80 bits per heavy atom. The van der Waals surface area contributed by atoms with Gasteiger partial charge in [0.25, 0.3) is 0 Å². The molecule has 0 spiro atoms. The number of phenolic OH excluding ortho intramolecular Hbond substituents is 1. The second kappa shape index (κ2) is 6.45. The molecule has 0 aliphatic rings. The summed E-state index contributed by atoms with van der Waals surface area (Å²) in [6, 6.07) is 8.68. The molecule has 5 heteroatoms. The van der Waals surface area contributed by atoms with Gasteiger partial charge in [0.1, 0.15) is 5.76 Å². The van der Waals surface area contributed by atoms with E-state index in [1.165, 1.54) is 7.11 Å². The molecule has 0 saturated heterocycles. The molecule has 2 atom stereocenters. The number of phenols is 1. The van der Waals surface area contributed by atoms with Crippen LogP contribution in [0.25, 0.3) is 0 Å². The highest BCUT2D eigenvalue weighted by molar-refractivity contribution is 5.47. The molecule has 0 saturated carbocycles. The van der Waals surface area contributed by atoms with Crippen molar-refractivity contribution in [1.82, 2.24) is 5.32 Å². The molecule has 1 aromatic carbocycles. The van der Waals surface area contributed by atoms with Gasteiger partial charge in [-0.1, -0.05) is 12.1 Å². The fraction of sp³-hybridized carbons (Fsp3) is 0.333. The van der Waals surface area contributed by atoms with Crippen LogP contribution in [-0.4, -0.2) is 18.3 Å². The quantitative estimate of drug-likeness (QED) is 0.753. The number of furan rings is 1. The van der Waals surface area contributed by atoms with E-state index in [9.17, 15) is 5.11 Å². The molecule has 5 nitrogen and oxygen atoms in total. The average Bonchev–Trinajstić information content (AvgIpc) is 2.97. The van der Waals surface area contributed by atoms with Gasteiger partial charge in [0.2, 0.25) is 0 Å². The molecule has 108 valence electrons. The smallest absolute Gasteiger partial charge is 0.162 e. The van der Waals surface area contributed by atoms with Gasteiger partial charge in [-0.3, -0.25) is 0 Å². The number of nitrogens with one attached hydrogen (secondary N) is 1. The predicted molar refractivity (Wildman–Crippen MR) is 76.6 cm³/mol. The number of benzene rings is 1. The summed E-state index contributed by atoms with van der Waals surface area (Å²) >= 11 is 0. The van der Waals surface area contributed by atoms with E-state index < -0.39 is 0 Å². The summed E-state index contributed by atoms with van der Waals surface area (Å²) in [6.07, 6.45) is 1.63. The van der Waals surface area contributed by atoms with Crippen molar-refractivity contribution in [2.45, 2.75) is 25.6 Å². The van der Waals surface area contributed by atoms with Crippen molar-refractivity contribution in [3.05, 3.63) is 47.9 Å². The number of rotatable bonds is 6. The molecule has 0 aliphatic carbocycles. The Hall–Kier alpha value is -1.98. The van der Waals surface area contributed by atoms with Gasteiger partial charge in [0, 0.05) is 17.6 Å². The molecular weight excluding hydrogens is 256 g/mol. The summed E-state index contributed by atoms with van der Waals surface area (Å²) in [7, 11) is 1.52. The zero-order chi connectivity index (χ0) is 14.5. The van der Waals surface area contributed by atoms with Gasteiger partial charge in [0.15, 0.2) is 11.5 Å². The first kappa shape index (κ1) is 14.4. The summed E-state index contributed by atoms with van der Waals surface area (Å²) in [5.74, 6) is 1.37. The Labute approximate surface area is 118 Å². The third-order valence-electron chi connectivity index (χ3n) is 3.33. The second-order valence-corrected chi connectivity index (χ2v) is 4.67.